The lowest BCUT2D eigenvalue weighted by atomic mass is 10.1. The molecule has 0 amide bonds. The van der Waals surface area contributed by atoms with Crippen LogP contribution in [0.25, 0.3) is 0 Å². The van der Waals surface area contributed by atoms with E-state index in [1.54, 1.807) is 12.1 Å². The molecule has 0 bridgehead atoms. The third kappa shape index (κ3) is 2.49. The van der Waals surface area contributed by atoms with Crippen molar-refractivity contribution in [3.05, 3.63) is 27.2 Å². The molecule has 0 saturated heterocycles. The summed E-state index contributed by atoms with van der Waals surface area (Å²) in [6.07, 6.45) is 0. The molecule has 0 aliphatic rings. The van der Waals surface area contributed by atoms with Crippen molar-refractivity contribution in [1.82, 2.24) is 0 Å². The molecule has 0 spiro atoms. The molecule has 2 nitrogen and oxygen atoms in total. The van der Waals surface area contributed by atoms with Gasteiger partial charge in [0.05, 0.1) is 11.6 Å². The number of ketones is 1. The fraction of sp³-hybridized carbons (Fsp3) is 0.300. The van der Waals surface area contributed by atoms with Crippen molar-refractivity contribution in [2.24, 2.45) is 0 Å². The van der Waals surface area contributed by atoms with Crippen LogP contribution in [0.1, 0.15) is 24.2 Å². The van der Waals surface area contributed by atoms with Gasteiger partial charge in [-0.1, -0.05) is 11.6 Å². The largest absolute Gasteiger partial charge is 0.494 e. The van der Waals surface area contributed by atoms with Crippen molar-refractivity contribution in [2.75, 3.05) is 6.61 Å². The zero-order valence-electron chi connectivity index (χ0n) is 7.93. The molecule has 1 rings (SSSR count). The number of ether oxygens (including phenoxy) is 1. The van der Waals surface area contributed by atoms with Gasteiger partial charge < -0.3 is 4.74 Å². The summed E-state index contributed by atoms with van der Waals surface area (Å²) in [5.74, 6) is 0.575. The molecule has 0 aromatic heterocycles. The molecule has 0 heterocycles. The fourth-order valence-corrected chi connectivity index (χ4v) is 1.75. The first kappa shape index (κ1) is 11.5. The second kappa shape index (κ2) is 4.80. The Kier molecular flexibility index (Phi) is 3.96. The van der Waals surface area contributed by atoms with E-state index in [1.165, 1.54) is 6.92 Å². The highest BCUT2D eigenvalue weighted by Crippen LogP contribution is 2.31. The summed E-state index contributed by atoms with van der Waals surface area (Å²) in [5, 5.41) is 0.431. The Morgan fingerprint density at radius 2 is 2.21 bits per heavy atom. The van der Waals surface area contributed by atoms with E-state index in [-0.39, 0.29) is 5.78 Å². The highest BCUT2D eigenvalue weighted by Gasteiger charge is 2.11. The molecule has 1 aromatic rings. The predicted molar refractivity (Wildman–Crippen MR) is 60.3 cm³/mol. The van der Waals surface area contributed by atoms with Crippen LogP contribution in [0, 0.1) is 0 Å². The topological polar surface area (TPSA) is 26.3 Å². The minimum Gasteiger partial charge on any atom is -0.494 e. The summed E-state index contributed by atoms with van der Waals surface area (Å²) in [7, 11) is 0. The summed E-state index contributed by atoms with van der Waals surface area (Å²) in [4.78, 5) is 11.2. The van der Waals surface area contributed by atoms with Crippen molar-refractivity contribution in [2.45, 2.75) is 13.8 Å². The monoisotopic (exact) mass is 276 g/mol. The number of carbonyl (C=O) groups excluding carboxylic acids is 1. The van der Waals surface area contributed by atoms with Crippen LogP contribution in [0.2, 0.25) is 5.02 Å². The van der Waals surface area contributed by atoms with Gasteiger partial charge in [0.15, 0.2) is 5.78 Å². The van der Waals surface area contributed by atoms with Crippen molar-refractivity contribution in [3.63, 3.8) is 0 Å². The van der Waals surface area contributed by atoms with Crippen LogP contribution in [0.4, 0.5) is 0 Å². The van der Waals surface area contributed by atoms with Crippen LogP contribution in [-0.2, 0) is 0 Å². The van der Waals surface area contributed by atoms with Gasteiger partial charge in [0, 0.05) is 10.0 Å². The number of hydrogen-bond donors (Lipinski definition) is 0. The van der Waals surface area contributed by atoms with Crippen LogP contribution >= 0.6 is 27.5 Å². The van der Waals surface area contributed by atoms with Gasteiger partial charge in [-0.25, -0.2) is 0 Å². The number of carbonyl (C=O) groups is 1. The molecular weight excluding hydrogens is 267 g/mol. The summed E-state index contributed by atoms with van der Waals surface area (Å²) in [5.41, 5.74) is 0.476. The van der Waals surface area contributed by atoms with Crippen LogP contribution < -0.4 is 4.74 Å². The zero-order valence-corrected chi connectivity index (χ0v) is 10.3. The Morgan fingerprint density at radius 1 is 1.57 bits per heavy atom. The Hall–Kier alpha value is -0.540. The van der Waals surface area contributed by atoms with E-state index < -0.39 is 0 Å². The molecule has 0 atom stereocenters. The van der Waals surface area contributed by atoms with E-state index in [9.17, 15) is 4.79 Å². The molecule has 0 radical (unpaired) electrons. The smallest absolute Gasteiger partial charge is 0.161 e. The summed E-state index contributed by atoms with van der Waals surface area (Å²) < 4.78 is 5.97. The van der Waals surface area contributed by atoms with Crippen LogP contribution in [0.5, 0.6) is 5.75 Å². The molecule has 0 unspecified atom stereocenters. The second-order valence-corrected chi connectivity index (χ2v) is 3.99. The summed E-state index contributed by atoms with van der Waals surface area (Å²) in [6.45, 7) is 3.92. The number of Topliss-reactive ketones (excluding diaryl/α,β-unsaturated/α-hetero) is 1. The molecule has 0 fully saturated rings. The number of benzene rings is 1. The Balaban J connectivity index is 3.21. The lowest BCUT2D eigenvalue weighted by Gasteiger charge is -2.07. The first-order valence-electron chi connectivity index (χ1n) is 4.19. The molecule has 0 aliphatic carbocycles. The highest BCUT2D eigenvalue weighted by atomic mass is 79.9. The van der Waals surface area contributed by atoms with Gasteiger partial charge in [-0.05, 0) is 41.9 Å². The van der Waals surface area contributed by atoms with E-state index in [2.05, 4.69) is 15.9 Å². The second-order valence-electron chi connectivity index (χ2n) is 2.76. The summed E-state index contributed by atoms with van der Waals surface area (Å²) in [6, 6.07) is 3.40. The van der Waals surface area contributed by atoms with Crippen LogP contribution in [-0.4, -0.2) is 12.4 Å². The molecule has 0 saturated carbocycles. The normalized spacial score (nSPS) is 10.0. The highest BCUT2D eigenvalue weighted by molar-refractivity contribution is 9.10. The fourth-order valence-electron chi connectivity index (χ4n) is 1.07. The van der Waals surface area contributed by atoms with Gasteiger partial charge in [-0.15, -0.1) is 0 Å². The van der Waals surface area contributed by atoms with Crippen LogP contribution in [0.3, 0.4) is 0 Å². The van der Waals surface area contributed by atoms with Gasteiger partial charge in [0.1, 0.15) is 5.75 Å². The average Bonchev–Trinajstić information content (AvgIpc) is 2.11. The molecular formula is C10H10BrClO2. The van der Waals surface area contributed by atoms with Gasteiger partial charge >= 0.3 is 0 Å². The maximum Gasteiger partial charge on any atom is 0.161 e. The molecule has 76 valence electrons. The first-order chi connectivity index (χ1) is 6.56. The van der Waals surface area contributed by atoms with Gasteiger partial charge in [0.25, 0.3) is 0 Å². The lowest BCUT2D eigenvalue weighted by Crippen LogP contribution is -1.98. The van der Waals surface area contributed by atoms with Crippen molar-refractivity contribution >= 4 is 33.3 Å². The molecule has 0 N–H and O–H groups in total. The van der Waals surface area contributed by atoms with Crippen molar-refractivity contribution in [1.29, 1.82) is 0 Å². The van der Waals surface area contributed by atoms with E-state index >= 15 is 0 Å². The van der Waals surface area contributed by atoms with E-state index in [4.69, 9.17) is 16.3 Å². The zero-order chi connectivity index (χ0) is 10.7. The van der Waals surface area contributed by atoms with Crippen molar-refractivity contribution in [3.8, 4) is 5.75 Å². The van der Waals surface area contributed by atoms with E-state index in [0.29, 0.717) is 27.4 Å². The molecule has 4 heteroatoms. The van der Waals surface area contributed by atoms with Crippen LogP contribution in [0.15, 0.2) is 16.6 Å². The quantitative estimate of drug-likeness (QED) is 0.787. The van der Waals surface area contributed by atoms with Gasteiger partial charge in [0.2, 0.25) is 0 Å². The summed E-state index contributed by atoms with van der Waals surface area (Å²) >= 11 is 9.21. The minimum atomic E-state index is -0.0720. The number of hydrogen-bond acceptors (Lipinski definition) is 2. The first-order valence-corrected chi connectivity index (χ1v) is 5.36. The van der Waals surface area contributed by atoms with Crippen molar-refractivity contribution < 1.29 is 9.53 Å². The third-order valence-corrected chi connectivity index (χ3v) is 2.95. The minimum absolute atomic E-state index is 0.0720. The molecule has 1 aromatic carbocycles. The maximum atomic E-state index is 11.2. The van der Waals surface area contributed by atoms with E-state index in [1.807, 2.05) is 6.92 Å². The van der Waals surface area contributed by atoms with Gasteiger partial charge in [-0.2, -0.15) is 0 Å². The Bertz CT molecular complexity index is 363. The number of rotatable bonds is 3. The molecule has 14 heavy (non-hydrogen) atoms. The third-order valence-electron chi connectivity index (χ3n) is 1.69. The maximum absolute atomic E-state index is 11.2. The van der Waals surface area contributed by atoms with E-state index in [0.717, 1.165) is 0 Å². The average molecular weight is 278 g/mol. The Morgan fingerprint density at radius 3 is 2.71 bits per heavy atom. The Labute approximate surface area is 96.3 Å². The lowest BCUT2D eigenvalue weighted by molar-refractivity contribution is 0.101. The molecule has 0 aliphatic heterocycles. The standard InChI is InChI=1S/C10H10BrClO2/c1-3-14-7-4-8(6(2)13)10(12)9(11)5-7/h4-5H,3H2,1-2H3. The SMILES string of the molecule is CCOc1cc(Br)c(Cl)c(C(C)=O)c1. The predicted octanol–water partition coefficient (Wildman–Crippen LogP) is 3.70. The van der Waals surface area contributed by atoms with Gasteiger partial charge in [-0.3, -0.25) is 4.79 Å². The number of halogens is 2.